The van der Waals surface area contributed by atoms with E-state index in [0.717, 1.165) is 24.1 Å². The van der Waals surface area contributed by atoms with Gasteiger partial charge in [-0.05, 0) is 79.6 Å². The monoisotopic (exact) mass is 349 g/mol. The summed E-state index contributed by atoms with van der Waals surface area (Å²) in [6.45, 7) is 2.13. The summed E-state index contributed by atoms with van der Waals surface area (Å²) in [7, 11) is 0. The predicted octanol–water partition coefficient (Wildman–Crippen LogP) is 4.39. The second kappa shape index (κ2) is 8.48. The number of benzene rings is 2. The van der Waals surface area contributed by atoms with E-state index < -0.39 is 0 Å². The highest BCUT2D eigenvalue weighted by molar-refractivity contribution is 6.04. The van der Waals surface area contributed by atoms with Crippen LogP contribution in [-0.4, -0.2) is 18.5 Å². The van der Waals surface area contributed by atoms with Crippen molar-refractivity contribution in [2.75, 3.05) is 11.9 Å². The van der Waals surface area contributed by atoms with E-state index in [-0.39, 0.29) is 11.9 Å². The van der Waals surface area contributed by atoms with Crippen LogP contribution in [0.5, 0.6) is 0 Å². The van der Waals surface area contributed by atoms with Gasteiger partial charge >= 0.3 is 5.97 Å². The molecule has 0 fully saturated rings. The molecule has 3 rings (SSSR count). The SMILES string of the molecule is CCOC(=O)/C=C/c1ccc(NC(=O)c2ccc3c(c2)CCCC3)cc1. The number of nitrogens with one attached hydrogen (secondary N) is 1. The molecule has 0 heterocycles. The van der Waals surface area contributed by atoms with Crippen molar-refractivity contribution in [1.82, 2.24) is 0 Å². The van der Waals surface area contributed by atoms with Crippen LogP contribution >= 0.6 is 0 Å². The van der Waals surface area contributed by atoms with Crippen molar-refractivity contribution in [1.29, 1.82) is 0 Å². The van der Waals surface area contributed by atoms with Crippen molar-refractivity contribution in [3.63, 3.8) is 0 Å². The summed E-state index contributed by atoms with van der Waals surface area (Å²) in [5, 5.41) is 2.92. The van der Waals surface area contributed by atoms with Crippen molar-refractivity contribution in [3.8, 4) is 0 Å². The van der Waals surface area contributed by atoms with Crippen molar-refractivity contribution in [2.24, 2.45) is 0 Å². The molecule has 0 unspecified atom stereocenters. The lowest BCUT2D eigenvalue weighted by Crippen LogP contribution is -2.13. The number of carbonyl (C=O) groups excluding carboxylic acids is 2. The fourth-order valence-corrected chi connectivity index (χ4v) is 3.11. The third kappa shape index (κ3) is 4.60. The maximum Gasteiger partial charge on any atom is 0.330 e. The molecule has 4 nitrogen and oxygen atoms in total. The first-order valence-electron chi connectivity index (χ1n) is 9.04. The summed E-state index contributed by atoms with van der Waals surface area (Å²) in [6.07, 6.45) is 7.67. The Kier molecular flexibility index (Phi) is 5.84. The Bertz CT molecular complexity index is 822. The minimum atomic E-state index is -0.364. The van der Waals surface area contributed by atoms with Gasteiger partial charge in [-0.15, -0.1) is 0 Å². The molecule has 1 aliphatic carbocycles. The maximum absolute atomic E-state index is 12.5. The lowest BCUT2D eigenvalue weighted by molar-refractivity contribution is -0.137. The van der Waals surface area contributed by atoms with E-state index in [4.69, 9.17) is 4.74 Å². The molecule has 0 spiro atoms. The third-order valence-corrected chi connectivity index (χ3v) is 4.48. The molecule has 134 valence electrons. The number of carbonyl (C=O) groups is 2. The molecule has 2 aromatic carbocycles. The van der Waals surface area contributed by atoms with E-state index >= 15 is 0 Å². The molecule has 0 bridgehead atoms. The number of ether oxygens (including phenoxy) is 1. The van der Waals surface area contributed by atoms with Gasteiger partial charge < -0.3 is 10.1 Å². The van der Waals surface area contributed by atoms with Gasteiger partial charge in [0.15, 0.2) is 0 Å². The Morgan fingerprint density at radius 2 is 1.77 bits per heavy atom. The highest BCUT2D eigenvalue weighted by Gasteiger charge is 2.13. The Balaban J connectivity index is 1.63. The van der Waals surface area contributed by atoms with Gasteiger partial charge in [0.25, 0.3) is 5.91 Å². The van der Waals surface area contributed by atoms with Gasteiger partial charge in [0.1, 0.15) is 0 Å². The van der Waals surface area contributed by atoms with Gasteiger partial charge in [0.2, 0.25) is 0 Å². The quantitative estimate of drug-likeness (QED) is 0.643. The second-order valence-corrected chi connectivity index (χ2v) is 6.35. The van der Waals surface area contributed by atoms with Gasteiger partial charge in [0.05, 0.1) is 6.61 Å². The van der Waals surface area contributed by atoms with Crippen LogP contribution < -0.4 is 5.32 Å². The Morgan fingerprint density at radius 1 is 1.04 bits per heavy atom. The zero-order valence-electron chi connectivity index (χ0n) is 15.0. The summed E-state index contributed by atoms with van der Waals surface area (Å²) in [5.41, 5.74) is 4.94. The second-order valence-electron chi connectivity index (χ2n) is 6.35. The van der Waals surface area contributed by atoms with Gasteiger partial charge in [0, 0.05) is 17.3 Å². The summed E-state index contributed by atoms with van der Waals surface area (Å²) in [5.74, 6) is -0.467. The van der Waals surface area contributed by atoms with Crippen molar-refractivity contribution in [3.05, 3.63) is 70.8 Å². The van der Waals surface area contributed by atoms with E-state index in [1.54, 1.807) is 13.0 Å². The number of amides is 1. The van der Waals surface area contributed by atoms with Crippen molar-refractivity contribution < 1.29 is 14.3 Å². The third-order valence-electron chi connectivity index (χ3n) is 4.48. The van der Waals surface area contributed by atoms with E-state index in [1.165, 1.54) is 30.0 Å². The van der Waals surface area contributed by atoms with Crippen LogP contribution in [0.1, 0.15) is 46.8 Å². The van der Waals surface area contributed by atoms with Crippen molar-refractivity contribution in [2.45, 2.75) is 32.6 Å². The number of aryl methyl sites for hydroxylation is 2. The highest BCUT2D eigenvalue weighted by Crippen LogP contribution is 2.22. The number of rotatable bonds is 5. The molecule has 1 N–H and O–H groups in total. The molecule has 0 aromatic heterocycles. The smallest absolute Gasteiger partial charge is 0.330 e. The molecule has 0 saturated carbocycles. The first-order chi connectivity index (χ1) is 12.7. The van der Waals surface area contributed by atoms with Crippen LogP contribution in [0.2, 0.25) is 0 Å². The fraction of sp³-hybridized carbons (Fsp3) is 0.273. The number of hydrogen-bond donors (Lipinski definition) is 1. The average molecular weight is 349 g/mol. The zero-order valence-corrected chi connectivity index (χ0v) is 15.0. The minimum absolute atomic E-state index is 0.104. The number of fused-ring (bicyclic) bond motifs is 1. The lowest BCUT2D eigenvalue weighted by Gasteiger charge is -2.16. The predicted molar refractivity (Wildman–Crippen MR) is 103 cm³/mol. The molecular formula is C22H23NO3. The molecule has 1 amide bonds. The molecule has 2 aromatic rings. The molecule has 26 heavy (non-hydrogen) atoms. The van der Waals surface area contributed by atoms with E-state index in [2.05, 4.69) is 11.4 Å². The van der Waals surface area contributed by atoms with Crippen LogP contribution in [-0.2, 0) is 22.4 Å². The van der Waals surface area contributed by atoms with Crippen LogP contribution in [0, 0.1) is 0 Å². The first-order valence-corrected chi connectivity index (χ1v) is 9.04. The fourth-order valence-electron chi connectivity index (χ4n) is 3.11. The van der Waals surface area contributed by atoms with Crippen LogP contribution in [0.25, 0.3) is 6.08 Å². The van der Waals surface area contributed by atoms with Gasteiger partial charge in [-0.1, -0.05) is 18.2 Å². The lowest BCUT2D eigenvalue weighted by atomic mass is 9.90. The Morgan fingerprint density at radius 3 is 2.50 bits per heavy atom. The number of esters is 1. The van der Waals surface area contributed by atoms with Gasteiger partial charge in [-0.2, -0.15) is 0 Å². The molecule has 0 radical (unpaired) electrons. The van der Waals surface area contributed by atoms with Crippen LogP contribution in [0.4, 0.5) is 5.69 Å². The first kappa shape index (κ1) is 17.9. The molecule has 0 saturated heterocycles. The Hall–Kier alpha value is -2.88. The van der Waals surface area contributed by atoms with Crippen molar-refractivity contribution >= 4 is 23.6 Å². The summed E-state index contributed by atoms with van der Waals surface area (Å²) in [6, 6.07) is 13.3. The standard InChI is InChI=1S/C22H23NO3/c1-2-26-21(24)14-9-16-7-12-20(13-8-16)23-22(25)19-11-10-17-5-3-4-6-18(17)15-19/h7-15H,2-6H2,1H3,(H,23,25)/b14-9+. The van der Waals surface area contributed by atoms with Gasteiger partial charge in [-0.3, -0.25) is 4.79 Å². The molecule has 4 heteroatoms. The maximum atomic E-state index is 12.5. The van der Waals surface area contributed by atoms with E-state index in [0.29, 0.717) is 12.2 Å². The number of anilines is 1. The van der Waals surface area contributed by atoms with Gasteiger partial charge in [-0.25, -0.2) is 4.79 Å². The van der Waals surface area contributed by atoms with E-state index in [1.807, 2.05) is 36.4 Å². The topological polar surface area (TPSA) is 55.4 Å². The summed E-state index contributed by atoms with van der Waals surface area (Å²) in [4.78, 5) is 23.8. The van der Waals surface area contributed by atoms with E-state index in [9.17, 15) is 9.59 Å². The zero-order chi connectivity index (χ0) is 18.4. The molecule has 1 aliphatic rings. The van der Waals surface area contributed by atoms with Crippen LogP contribution in [0.3, 0.4) is 0 Å². The summed E-state index contributed by atoms with van der Waals surface area (Å²) < 4.78 is 4.85. The summed E-state index contributed by atoms with van der Waals surface area (Å²) >= 11 is 0. The molecule has 0 atom stereocenters. The molecular weight excluding hydrogens is 326 g/mol. The number of hydrogen-bond acceptors (Lipinski definition) is 3. The largest absolute Gasteiger partial charge is 0.463 e. The Labute approximate surface area is 153 Å². The van der Waals surface area contributed by atoms with Crippen LogP contribution in [0.15, 0.2) is 48.5 Å². The normalized spacial score (nSPS) is 13.3. The average Bonchev–Trinajstić information content (AvgIpc) is 2.67. The highest BCUT2D eigenvalue weighted by atomic mass is 16.5. The minimum Gasteiger partial charge on any atom is -0.463 e. The molecule has 0 aliphatic heterocycles.